The number of hydrogen-bond donors (Lipinski definition) is 1. The van der Waals surface area contributed by atoms with Crippen molar-refractivity contribution in [3.05, 3.63) is 47.6 Å². The van der Waals surface area contributed by atoms with E-state index in [4.69, 9.17) is 9.26 Å². The number of aliphatic hydroxyl groups is 1. The summed E-state index contributed by atoms with van der Waals surface area (Å²) < 4.78 is 65.5. The van der Waals surface area contributed by atoms with Crippen LogP contribution in [-0.4, -0.2) is 52.1 Å². The molecule has 12 heteroatoms. The van der Waals surface area contributed by atoms with Crippen molar-refractivity contribution in [2.24, 2.45) is 17.3 Å². The quantitative estimate of drug-likeness (QED) is 0.221. The molecule has 4 saturated carbocycles. The summed E-state index contributed by atoms with van der Waals surface area (Å²) in [7, 11) is 0. The van der Waals surface area contributed by atoms with Crippen LogP contribution >= 0.6 is 0 Å². The third kappa shape index (κ3) is 6.34. The Morgan fingerprint density at radius 1 is 1.06 bits per heavy atom. The molecular formula is C35H43F4N3O5. The van der Waals surface area contributed by atoms with E-state index >= 15 is 0 Å². The highest BCUT2D eigenvalue weighted by Crippen LogP contribution is 2.58. The zero-order valence-electron chi connectivity index (χ0n) is 27.2. The van der Waals surface area contributed by atoms with Crippen LogP contribution in [0.15, 0.2) is 34.9 Å². The van der Waals surface area contributed by atoms with Gasteiger partial charge in [0.05, 0.1) is 12.5 Å². The fourth-order valence-corrected chi connectivity index (χ4v) is 7.97. The van der Waals surface area contributed by atoms with Crippen LogP contribution in [0.5, 0.6) is 0 Å². The maximum Gasteiger partial charge on any atom is 0.417 e. The van der Waals surface area contributed by atoms with E-state index in [1.54, 1.807) is 11.8 Å². The second-order valence-corrected chi connectivity index (χ2v) is 14.7. The number of amides is 1. The summed E-state index contributed by atoms with van der Waals surface area (Å²) in [5, 5.41) is 14.3. The predicted octanol–water partition coefficient (Wildman–Crippen LogP) is 7.35. The molecule has 1 aromatic carbocycles. The van der Waals surface area contributed by atoms with E-state index in [1.807, 2.05) is 30.3 Å². The summed E-state index contributed by atoms with van der Waals surface area (Å²) >= 11 is 0. The molecule has 1 unspecified atom stereocenters. The van der Waals surface area contributed by atoms with E-state index < -0.39 is 42.1 Å². The molecule has 256 valence electrons. The maximum absolute atomic E-state index is 14.5. The summed E-state index contributed by atoms with van der Waals surface area (Å²) in [6.45, 7) is 5.20. The number of alkyl halides is 4. The fraction of sp³-hybridized carbons (Fsp3) is 0.657. The van der Waals surface area contributed by atoms with Crippen molar-refractivity contribution in [3.8, 4) is 0 Å². The Labute approximate surface area is 271 Å². The van der Waals surface area contributed by atoms with Crippen LogP contribution < -0.4 is 4.90 Å². The van der Waals surface area contributed by atoms with E-state index in [9.17, 15) is 32.3 Å². The SMILES string of the molecule is CCOC(=O)C1CC=C(c2cccc(N(CC34CCC(c5noc(C(C)(C)F)n5)(CC3)CC4)C(=O)[C@H]3C[C@](O)(C(F)(F)F)C3)c2)CC1. The van der Waals surface area contributed by atoms with Crippen LogP contribution in [0.25, 0.3) is 5.57 Å². The molecule has 8 nitrogen and oxygen atoms in total. The smallest absolute Gasteiger partial charge is 0.417 e. The molecule has 1 N–H and O–H groups in total. The van der Waals surface area contributed by atoms with E-state index in [1.165, 1.54) is 13.8 Å². The lowest BCUT2D eigenvalue weighted by molar-refractivity contribution is -0.295. The average Bonchev–Trinajstić information content (AvgIpc) is 3.55. The lowest BCUT2D eigenvalue weighted by atomic mass is 9.53. The van der Waals surface area contributed by atoms with Gasteiger partial charge in [-0.1, -0.05) is 23.4 Å². The van der Waals surface area contributed by atoms with Crippen molar-refractivity contribution >= 4 is 23.1 Å². The van der Waals surface area contributed by atoms with Crippen LogP contribution in [0.4, 0.5) is 23.2 Å². The number of anilines is 1. The van der Waals surface area contributed by atoms with Crippen LogP contribution in [0.3, 0.4) is 0 Å². The van der Waals surface area contributed by atoms with Crippen LogP contribution in [0.1, 0.15) is 109 Å². The van der Waals surface area contributed by atoms with Gasteiger partial charge in [0.1, 0.15) is 0 Å². The molecule has 1 atom stereocenters. The van der Waals surface area contributed by atoms with Gasteiger partial charge in [0.25, 0.3) is 5.89 Å². The van der Waals surface area contributed by atoms with Crippen molar-refractivity contribution in [2.45, 2.75) is 114 Å². The molecule has 2 bridgehead atoms. The van der Waals surface area contributed by atoms with Gasteiger partial charge >= 0.3 is 12.1 Å². The number of halogens is 4. The van der Waals surface area contributed by atoms with Crippen molar-refractivity contribution < 1.29 is 41.5 Å². The molecule has 7 rings (SSSR count). The Morgan fingerprint density at radius 3 is 2.30 bits per heavy atom. The molecule has 1 aromatic heterocycles. The number of esters is 1. The monoisotopic (exact) mass is 661 g/mol. The molecule has 47 heavy (non-hydrogen) atoms. The highest BCUT2D eigenvalue weighted by atomic mass is 19.4. The summed E-state index contributed by atoms with van der Waals surface area (Å²) in [6, 6.07) is 7.52. The van der Waals surface area contributed by atoms with Gasteiger partial charge in [0.15, 0.2) is 17.1 Å². The molecule has 0 spiro atoms. The zero-order chi connectivity index (χ0) is 33.8. The Bertz CT molecular complexity index is 1510. The Morgan fingerprint density at radius 2 is 1.74 bits per heavy atom. The second-order valence-electron chi connectivity index (χ2n) is 14.7. The van der Waals surface area contributed by atoms with Gasteiger partial charge in [-0.05, 0) is 120 Å². The molecule has 1 amide bonds. The van der Waals surface area contributed by atoms with E-state index in [0.29, 0.717) is 43.9 Å². The first-order valence-corrected chi connectivity index (χ1v) is 16.7. The summed E-state index contributed by atoms with van der Waals surface area (Å²) in [4.78, 5) is 32.4. The summed E-state index contributed by atoms with van der Waals surface area (Å²) in [6.07, 6.45) is 2.19. The van der Waals surface area contributed by atoms with Gasteiger partial charge in [0, 0.05) is 23.6 Å². The van der Waals surface area contributed by atoms with Crippen LogP contribution in [-0.2, 0) is 25.4 Å². The minimum absolute atomic E-state index is 0.0512. The van der Waals surface area contributed by atoms with Gasteiger partial charge in [-0.3, -0.25) is 9.59 Å². The molecule has 4 fully saturated rings. The van der Waals surface area contributed by atoms with Crippen molar-refractivity contribution in [3.63, 3.8) is 0 Å². The lowest BCUT2D eigenvalue weighted by Gasteiger charge is -2.54. The summed E-state index contributed by atoms with van der Waals surface area (Å²) in [5.74, 6) is -1.31. The molecule has 5 aliphatic rings. The number of nitrogens with zero attached hydrogens (tertiary/aromatic N) is 3. The minimum Gasteiger partial charge on any atom is -0.466 e. The number of fused-ring (bicyclic) bond motifs is 3. The number of carbonyl (C=O) groups is 2. The van der Waals surface area contributed by atoms with Crippen LogP contribution in [0, 0.1) is 17.3 Å². The van der Waals surface area contributed by atoms with Crippen molar-refractivity contribution in [2.75, 3.05) is 18.1 Å². The summed E-state index contributed by atoms with van der Waals surface area (Å²) in [5.41, 5.74) is -2.65. The maximum atomic E-state index is 14.5. The van der Waals surface area contributed by atoms with E-state index in [-0.39, 0.29) is 28.6 Å². The average molecular weight is 662 g/mol. The van der Waals surface area contributed by atoms with Gasteiger partial charge in [-0.25, -0.2) is 4.39 Å². The van der Waals surface area contributed by atoms with Crippen molar-refractivity contribution in [1.82, 2.24) is 10.1 Å². The van der Waals surface area contributed by atoms with Crippen molar-refractivity contribution in [1.29, 1.82) is 0 Å². The number of hydrogen-bond acceptors (Lipinski definition) is 7. The van der Waals surface area contributed by atoms with Crippen LogP contribution in [0.2, 0.25) is 0 Å². The largest absolute Gasteiger partial charge is 0.466 e. The molecule has 1 heterocycles. The first-order chi connectivity index (χ1) is 22.1. The molecule has 5 aliphatic carbocycles. The number of benzene rings is 1. The van der Waals surface area contributed by atoms with Gasteiger partial charge < -0.3 is 19.3 Å². The Kier molecular flexibility index (Phi) is 8.58. The lowest BCUT2D eigenvalue weighted by Crippen LogP contribution is -2.60. The first-order valence-electron chi connectivity index (χ1n) is 16.7. The Hall–Kier alpha value is -3.28. The minimum atomic E-state index is -4.80. The fourth-order valence-electron chi connectivity index (χ4n) is 7.97. The van der Waals surface area contributed by atoms with Gasteiger partial charge in [0.2, 0.25) is 5.91 Å². The molecule has 0 aliphatic heterocycles. The third-order valence-corrected chi connectivity index (χ3v) is 11.2. The highest BCUT2D eigenvalue weighted by Gasteiger charge is 2.63. The number of rotatable bonds is 9. The number of ether oxygens (including phenoxy) is 1. The standard InChI is InChI=1S/C35H43F4N3O5/c1-4-46-28(44)23-10-8-22(9-11-23)24-6-5-7-26(18-24)42(27(43)25-19-34(45,20-25)35(37,38)39)21-32-12-15-33(16-13-32,17-14-32)29-40-30(47-41-29)31(2,3)36/h5-8,18,23,25,45H,4,9-17,19-21H2,1-3H3/t23?,25-,32?,33?,34+. The normalized spacial score (nSPS) is 30.8. The molecule has 0 radical (unpaired) electrons. The predicted molar refractivity (Wildman–Crippen MR) is 165 cm³/mol. The van der Waals surface area contributed by atoms with Gasteiger partial charge in [-0.15, -0.1) is 0 Å². The number of aromatic nitrogens is 2. The topological polar surface area (TPSA) is 106 Å². The number of allylic oxidation sites excluding steroid dienone is 2. The molecule has 0 saturated heterocycles. The van der Waals surface area contributed by atoms with E-state index in [0.717, 1.165) is 49.7 Å². The van der Waals surface area contributed by atoms with Gasteiger partial charge in [-0.2, -0.15) is 18.2 Å². The first kappa shape index (κ1) is 33.6. The second kappa shape index (κ2) is 12.0. The highest BCUT2D eigenvalue weighted by molar-refractivity contribution is 5.96. The van der Waals surface area contributed by atoms with E-state index in [2.05, 4.69) is 10.1 Å². The number of carbonyl (C=O) groups excluding carboxylic acids is 2. The molecule has 2 aromatic rings. The molecular weight excluding hydrogens is 618 g/mol. The third-order valence-electron chi connectivity index (χ3n) is 11.2. The zero-order valence-corrected chi connectivity index (χ0v) is 27.2. The Balaban J connectivity index is 1.23.